The van der Waals surface area contributed by atoms with Gasteiger partial charge in [0.1, 0.15) is 64.5 Å². The first kappa shape index (κ1) is 79.4. The SMILES string of the molecule is CC1(F)CCCC(c2cccc(-c3cc(N4CC5CCC(C4)N5c4ccnc(C#CCN5CCCC(Oc6ccccc6-c6cc(N7CC8CCC(C7)N8c7ccnc(C#CCN8CCCCC(O)(CF)C8)c7)c(N)nn6)C(O)C5)c4)c(N)nn3)c2O)N(CC#Cc2cc(N3C4CCC3CN(c3cc(-c5ccccc5O)nnc3N)C4)ccn2)C1. The maximum absolute atomic E-state index is 16.4. The van der Waals surface area contributed by atoms with E-state index in [1.165, 1.54) is 0 Å². The van der Waals surface area contributed by atoms with Crippen LogP contribution >= 0.6 is 0 Å². The summed E-state index contributed by atoms with van der Waals surface area (Å²) in [4.78, 5) is 34.6. The highest BCUT2D eigenvalue weighted by molar-refractivity contribution is 5.79. The zero-order valence-corrected chi connectivity index (χ0v) is 67.7. The van der Waals surface area contributed by atoms with Gasteiger partial charge in [0, 0.05) is 159 Å². The van der Waals surface area contributed by atoms with Crippen molar-refractivity contribution >= 4 is 51.6 Å². The molecule has 10 N–H and O–H groups in total. The van der Waals surface area contributed by atoms with Gasteiger partial charge in [-0.1, -0.05) is 54.2 Å². The highest BCUT2D eigenvalue weighted by Gasteiger charge is 2.45. The van der Waals surface area contributed by atoms with Crippen LogP contribution in [0, 0.1) is 35.5 Å². The molecule has 11 unspecified atom stereocenters. The van der Waals surface area contributed by atoms with Gasteiger partial charge in [-0.3, -0.25) is 14.7 Å². The fourth-order valence-electron chi connectivity index (χ4n) is 20.3. The van der Waals surface area contributed by atoms with Crippen molar-refractivity contribution < 1.29 is 33.9 Å². The van der Waals surface area contributed by atoms with Crippen molar-refractivity contribution in [2.45, 2.75) is 163 Å². The zero-order chi connectivity index (χ0) is 82.2. The number of hydrogen-bond acceptors (Lipinski definition) is 26. The molecule has 26 nitrogen and oxygen atoms in total. The third kappa shape index (κ3) is 16.9. The van der Waals surface area contributed by atoms with E-state index in [1.54, 1.807) is 25.3 Å². The van der Waals surface area contributed by atoms with Crippen LogP contribution in [0.2, 0.25) is 0 Å². The number of halogens is 2. The number of rotatable bonds is 16. The number of phenolic OH excluding ortho intramolecular Hbond substituents is 2. The van der Waals surface area contributed by atoms with E-state index in [-0.39, 0.29) is 73.4 Å². The average molecular weight is 1620 g/mol. The Labute approximate surface area is 698 Å². The number of benzene rings is 3. The summed E-state index contributed by atoms with van der Waals surface area (Å²) >= 11 is 0. The van der Waals surface area contributed by atoms with Gasteiger partial charge >= 0.3 is 0 Å². The zero-order valence-electron chi connectivity index (χ0n) is 67.7. The number of fused-ring (bicyclic) bond motifs is 6. The van der Waals surface area contributed by atoms with Crippen LogP contribution < -0.4 is 51.3 Å². The van der Waals surface area contributed by atoms with Crippen molar-refractivity contribution in [2.75, 3.05) is 145 Å². The van der Waals surface area contributed by atoms with E-state index in [4.69, 9.17) is 26.9 Å². The van der Waals surface area contributed by atoms with E-state index in [1.807, 2.05) is 102 Å². The normalized spacial score (nSPS) is 25.8. The van der Waals surface area contributed by atoms with Gasteiger partial charge in [0.2, 0.25) is 0 Å². The Balaban J connectivity index is 0.486. The number of aromatic hydroxyl groups is 2. The van der Waals surface area contributed by atoms with Gasteiger partial charge in [-0.25, -0.2) is 23.7 Å². The molecule has 28 heteroatoms. The molecule has 9 aromatic rings. The van der Waals surface area contributed by atoms with Crippen molar-refractivity contribution in [1.82, 2.24) is 60.2 Å². The van der Waals surface area contributed by atoms with Crippen LogP contribution in [0.15, 0.2) is 140 Å². The lowest BCUT2D eigenvalue weighted by molar-refractivity contribution is -0.0113. The number of anilines is 9. The molecule has 9 saturated heterocycles. The van der Waals surface area contributed by atoms with E-state index >= 15 is 4.39 Å². The first-order valence-corrected chi connectivity index (χ1v) is 42.5. The van der Waals surface area contributed by atoms with Crippen molar-refractivity contribution in [3.8, 4) is 86.5 Å². The molecular formula is C92H103F2N21O5. The molecule has 0 spiro atoms. The molecule has 0 aliphatic carbocycles. The number of nitrogens with two attached hydrogens (primary N) is 3. The van der Waals surface area contributed by atoms with Gasteiger partial charge in [0.05, 0.1) is 53.8 Å². The van der Waals surface area contributed by atoms with Crippen molar-refractivity contribution in [1.29, 1.82) is 0 Å². The van der Waals surface area contributed by atoms with E-state index in [0.29, 0.717) is 139 Å². The lowest BCUT2D eigenvalue weighted by Crippen LogP contribution is -2.54. The van der Waals surface area contributed by atoms with E-state index < -0.39 is 30.2 Å². The molecule has 620 valence electrons. The minimum absolute atomic E-state index is 0.0655. The van der Waals surface area contributed by atoms with Crippen LogP contribution in [0.4, 0.5) is 60.4 Å². The molecule has 120 heavy (non-hydrogen) atoms. The number of piperazine rings is 3. The molecule has 6 bridgehead atoms. The standard InChI is InChI=1S/C92H103F2N21O5/c1-91(94)34-9-21-79(109(58-91)43-12-16-62-46-65(33-38-100-62)115-66-25-26-67(115)51-110(50-66)80-47-76(101-104-88(80)95)72-17-2-4-22-83(72)116)75-20-8-19-74(87(75)118)78-49-82(90(97)106-103-78)112-54-70-29-30-71(55-112)113(70)63-31-36-98-60(44-63)14-10-40-107-41-13-24-86(84(117)56-107)120-85-23-5-3-18-73(85)77-48-81(89(96)105-102-77)111-52-68-27-28-69(53-111)114(68)64-32-37-99-61(45-64)15-11-42-108-39-7-6-35-92(119,57-93)59-108/h2-5,8,17-20,22-23,31-33,36-38,44-49,66-71,79,84,86,116-119H,6-7,9,13,21,24-30,34-35,39-43,50-59H2,1H3,(H2,95,104)(H2,96,105)(H2,97,106). The van der Waals surface area contributed by atoms with Crippen molar-refractivity contribution in [2.24, 2.45) is 0 Å². The Hall–Kier alpha value is -11.7. The summed E-state index contributed by atoms with van der Waals surface area (Å²) < 4.78 is 36.9. The number of aliphatic hydroxyl groups excluding tert-OH is 1. The molecule has 0 radical (unpaired) electrons. The second-order valence-corrected chi connectivity index (χ2v) is 34.3. The Morgan fingerprint density at radius 3 is 1.48 bits per heavy atom. The van der Waals surface area contributed by atoms with Crippen molar-refractivity contribution in [3.63, 3.8) is 0 Å². The molecule has 15 heterocycles. The largest absolute Gasteiger partial charge is 0.507 e. The second kappa shape index (κ2) is 34.2. The molecule has 6 aromatic heterocycles. The van der Waals surface area contributed by atoms with Gasteiger partial charge in [-0.15, -0.1) is 30.6 Å². The summed E-state index contributed by atoms with van der Waals surface area (Å²) in [6.07, 6.45) is 15.4. The van der Waals surface area contributed by atoms with Crippen LogP contribution in [-0.2, 0) is 0 Å². The molecule has 9 fully saturated rings. The smallest absolute Gasteiger partial charge is 0.169 e. The number of aliphatic hydroxyl groups is 2. The number of likely N-dealkylation sites (tertiary alicyclic amines) is 3. The van der Waals surface area contributed by atoms with Gasteiger partial charge in [-0.2, -0.15) is 0 Å². The summed E-state index contributed by atoms with van der Waals surface area (Å²) in [6, 6.07) is 39.6. The fraction of sp³-hybridized carbons (Fsp3) is 0.446. The minimum atomic E-state index is -1.48. The Kier molecular flexibility index (Phi) is 22.6. The van der Waals surface area contributed by atoms with E-state index in [0.717, 1.165) is 137 Å². The predicted molar refractivity (Wildman–Crippen MR) is 462 cm³/mol. The summed E-state index contributed by atoms with van der Waals surface area (Å²) in [7, 11) is 0. The number of nitrogen functional groups attached to an aromatic ring is 3. The Morgan fingerprint density at radius 2 is 0.950 bits per heavy atom. The third-order valence-electron chi connectivity index (χ3n) is 26.0. The first-order chi connectivity index (χ1) is 58.4. The van der Waals surface area contributed by atoms with Gasteiger partial charge in [0.25, 0.3) is 0 Å². The molecule has 18 rings (SSSR count). The molecular weight excluding hydrogens is 1520 g/mol. The third-order valence-corrected chi connectivity index (χ3v) is 26.0. The highest BCUT2D eigenvalue weighted by Crippen LogP contribution is 2.47. The monoisotopic (exact) mass is 1620 g/mol. The number of aromatic nitrogens is 9. The minimum Gasteiger partial charge on any atom is -0.507 e. The predicted octanol–water partition coefficient (Wildman–Crippen LogP) is 10.1. The number of phenols is 2. The average Bonchev–Trinajstić information content (AvgIpc) is 1.50. The number of ether oxygens (including phenoxy) is 1. The number of β-amino-alcohol motifs (C(OH)–C–C–N with tert-alkyl or cyclic N) is 2. The first-order valence-electron chi connectivity index (χ1n) is 42.5. The topological polar surface area (TPSA) is 313 Å². The van der Waals surface area contributed by atoms with Crippen LogP contribution in [0.5, 0.6) is 17.2 Å². The summed E-state index contributed by atoms with van der Waals surface area (Å²) in [6.45, 7) is 8.62. The molecule has 9 aliphatic heterocycles. The second-order valence-electron chi connectivity index (χ2n) is 34.3. The van der Waals surface area contributed by atoms with Crippen LogP contribution in [0.25, 0.3) is 33.8 Å². The summed E-state index contributed by atoms with van der Waals surface area (Å²) in [5, 5.41) is 72.4. The maximum atomic E-state index is 16.4. The lowest BCUT2D eigenvalue weighted by Gasteiger charge is -2.43. The van der Waals surface area contributed by atoms with E-state index in [9.17, 15) is 24.8 Å². The van der Waals surface area contributed by atoms with Crippen LogP contribution in [-0.4, -0.2) is 239 Å². The van der Waals surface area contributed by atoms with E-state index in [2.05, 4.69) is 140 Å². The number of nitrogens with zero attached hydrogens (tertiary/aromatic N) is 18. The van der Waals surface area contributed by atoms with Crippen molar-refractivity contribution in [3.05, 3.63) is 163 Å². The van der Waals surface area contributed by atoms with Crippen LogP contribution in [0.3, 0.4) is 0 Å². The summed E-state index contributed by atoms with van der Waals surface area (Å²) in [5.41, 5.74) is 28.8. The maximum Gasteiger partial charge on any atom is 0.169 e. The number of para-hydroxylation sites is 3. The fourth-order valence-corrected chi connectivity index (χ4v) is 20.3. The number of hydrogen-bond donors (Lipinski definition) is 7. The van der Waals surface area contributed by atoms with Gasteiger partial charge in [0.15, 0.2) is 17.5 Å². The Morgan fingerprint density at radius 1 is 0.483 bits per heavy atom. The molecule has 0 saturated carbocycles. The highest BCUT2D eigenvalue weighted by atomic mass is 19.1. The number of alkyl halides is 2. The molecule has 11 atom stereocenters. The van der Waals surface area contributed by atoms with Crippen LogP contribution in [0.1, 0.15) is 126 Å². The van der Waals surface area contributed by atoms with Gasteiger partial charge < -0.3 is 71.8 Å². The Bertz CT molecular complexity index is 5420. The molecule has 0 amide bonds. The quantitative estimate of drug-likeness (QED) is 0.0442. The molecule has 3 aromatic carbocycles. The number of pyridine rings is 3. The lowest BCUT2D eigenvalue weighted by atomic mass is 9.96. The van der Waals surface area contributed by atoms with Gasteiger partial charge in [-0.05, 0) is 213 Å². The summed E-state index contributed by atoms with van der Waals surface area (Å²) in [5.74, 6) is 21.7. The molecule has 9 aliphatic rings.